The van der Waals surface area contributed by atoms with Gasteiger partial charge in [0.05, 0.1) is 0 Å². The van der Waals surface area contributed by atoms with Crippen molar-refractivity contribution in [2.75, 3.05) is 0 Å². The molecule has 0 aliphatic carbocycles. The van der Waals surface area contributed by atoms with Crippen LogP contribution in [0, 0.1) is 5.82 Å². The molecule has 0 unspecified atom stereocenters. The predicted octanol–water partition coefficient (Wildman–Crippen LogP) is 4.15. The van der Waals surface area contributed by atoms with Gasteiger partial charge in [-0.2, -0.15) is 0 Å². The summed E-state index contributed by atoms with van der Waals surface area (Å²) in [5.74, 6) is -0.187. The van der Waals surface area contributed by atoms with Crippen molar-refractivity contribution in [2.45, 2.75) is 19.3 Å². The first-order valence-corrected chi connectivity index (χ1v) is 5.42. The monoisotopic (exact) mass is 214 g/mol. The van der Waals surface area contributed by atoms with Crippen molar-refractivity contribution in [1.29, 1.82) is 0 Å². The Morgan fingerprint density at radius 3 is 1.81 bits per heavy atom. The van der Waals surface area contributed by atoms with E-state index >= 15 is 0 Å². The maximum absolute atomic E-state index is 12.9. The quantitative estimate of drug-likeness (QED) is 0.704. The van der Waals surface area contributed by atoms with E-state index in [2.05, 4.69) is 26.0 Å². The Balaban J connectivity index is 2.43. The van der Waals surface area contributed by atoms with E-state index in [1.165, 1.54) is 17.7 Å². The van der Waals surface area contributed by atoms with Crippen LogP contribution in [0.25, 0.3) is 0 Å². The molecule has 0 aliphatic rings. The zero-order valence-electron chi connectivity index (χ0n) is 9.57. The maximum atomic E-state index is 12.9. The molecule has 0 atom stereocenters. The van der Waals surface area contributed by atoms with Crippen molar-refractivity contribution in [3.05, 3.63) is 71.5 Å². The van der Waals surface area contributed by atoms with E-state index in [1.54, 1.807) is 0 Å². The molecule has 0 fully saturated rings. The van der Waals surface area contributed by atoms with Gasteiger partial charge in [0.1, 0.15) is 5.82 Å². The van der Waals surface area contributed by atoms with Gasteiger partial charge >= 0.3 is 0 Å². The second-order valence-electron chi connectivity index (χ2n) is 4.50. The summed E-state index contributed by atoms with van der Waals surface area (Å²) in [6, 6.07) is 17.0. The van der Waals surface area contributed by atoms with Gasteiger partial charge in [0.15, 0.2) is 0 Å². The van der Waals surface area contributed by atoms with Crippen LogP contribution in [0.2, 0.25) is 0 Å². The molecule has 0 saturated heterocycles. The van der Waals surface area contributed by atoms with E-state index in [0.717, 1.165) is 5.56 Å². The van der Waals surface area contributed by atoms with Crippen LogP contribution in [-0.4, -0.2) is 0 Å². The fourth-order valence-corrected chi connectivity index (χ4v) is 1.89. The molecule has 2 aromatic rings. The van der Waals surface area contributed by atoms with Crippen molar-refractivity contribution in [3.63, 3.8) is 0 Å². The van der Waals surface area contributed by atoms with Crippen LogP contribution >= 0.6 is 0 Å². The highest BCUT2D eigenvalue weighted by Crippen LogP contribution is 2.30. The molecule has 1 heteroatoms. The molecule has 2 aromatic carbocycles. The van der Waals surface area contributed by atoms with Gasteiger partial charge in [0.25, 0.3) is 0 Å². The Kier molecular flexibility index (Phi) is 2.78. The van der Waals surface area contributed by atoms with Crippen LogP contribution in [0.1, 0.15) is 25.0 Å². The van der Waals surface area contributed by atoms with Gasteiger partial charge in [-0.05, 0) is 23.3 Å². The molecule has 0 bridgehead atoms. The van der Waals surface area contributed by atoms with E-state index in [9.17, 15) is 4.39 Å². The van der Waals surface area contributed by atoms with E-state index in [-0.39, 0.29) is 11.2 Å². The minimum absolute atomic E-state index is 0.0883. The van der Waals surface area contributed by atoms with Gasteiger partial charge in [-0.15, -0.1) is 0 Å². The van der Waals surface area contributed by atoms with Gasteiger partial charge < -0.3 is 0 Å². The second kappa shape index (κ2) is 4.09. The molecule has 16 heavy (non-hydrogen) atoms. The first-order chi connectivity index (χ1) is 7.60. The van der Waals surface area contributed by atoms with Crippen LogP contribution < -0.4 is 0 Å². The minimum Gasteiger partial charge on any atom is -0.207 e. The number of halogens is 1. The third kappa shape index (κ3) is 1.99. The van der Waals surface area contributed by atoms with Crippen LogP contribution in [0.3, 0.4) is 0 Å². The molecule has 0 spiro atoms. The lowest BCUT2D eigenvalue weighted by Crippen LogP contribution is -2.18. The SMILES string of the molecule is CC(C)(c1ccccc1)c1ccc(F)cc1. The fourth-order valence-electron chi connectivity index (χ4n) is 1.89. The summed E-state index contributed by atoms with van der Waals surface area (Å²) < 4.78 is 12.9. The summed E-state index contributed by atoms with van der Waals surface area (Å²) >= 11 is 0. The number of benzene rings is 2. The summed E-state index contributed by atoms with van der Waals surface area (Å²) in [6.45, 7) is 4.30. The summed E-state index contributed by atoms with van der Waals surface area (Å²) in [4.78, 5) is 0. The molecule has 82 valence electrons. The van der Waals surface area contributed by atoms with Crippen molar-refractivity contribution in [2.24, 2.45) is 0 Å². The lowest BCUT2D eigenvalue weighted by atomic mass is 9.78. The Morgan fingerprint density at radius 1 is 0.750 bits per heavy atom. The molecule has 0 saturated carbocycles. The Bertz CT molecular complexity index is 455. The first-order valence-electron chi connectivity index (χ1n) is 5.42. The maximum Gasteiger partial charge on any atom is 0.123 e. The van der Waals surface area contributed by atoms with Crippen molar-refractivity contribution in [3.8, 4) is 0 Å². The van der Waals surface area contributed by atoms with Crippen LogP contribution in [0.5, 0.6) is 0 Å². The zero-order chi connectivity index (χ0) is 11.6. The minimum atomic E-state index is -0.187. The third-order valence-electron chi connectivity index (χ3n) is 3.06. The van der Waals surface area contributed by atoms with E-state index in [0.29, 0.717) is 0 Å². The molecule has 2 rings (SSSR count). The average Bonchev–Trinajstić information content (AvgIpc) is 2.31. The normalized spacial score (nSPS) is 11.4. The van der Waals surface area contributed by atoms with E-state index < -0.39 is 0 Å². The summed E-state index contributed by atoms with van der Waals surface area (Å²) in [7, 11) is 0. The number of hydrogen-bond donors (Lipinski definition) is 0. The van der Waals surface area contributed by atoms with Crippen molar-refractivity contribution in [1.82, 2.24) is 0 Å². The smallest absolute Gasteiger partial charge is 0.123 e. The van der Waals surface area contributed by atoms with Crippen LogP contribution in [0.4, 0.5) is 4.39 Å². The van der Waals surface area contributed by atoms with Gasteiger partial charge in [-0.25, -0.2) is 4.39 Å². The Morgan fingerprint density at radius 2 is 1.25 bits per heavy atom. The van der Waals surface area contributed by atoms with Gasteiger partial charge in [0.2, 0.25) is 0 Å². The highest BCUT2D eigenvalue weighted by molar-refractivity contribution is 5.37. The first kappa shape index (κ1) is 10.9. The lowest BCUT2D eigenvalue weighted by Gasteiger charge is -2.26. The van der Waals surface area contributed by atoms with Gasteiger partial charge in [-0.3, -0.25) is 0 Å². The Hall–Kier alpha value is -1.63. The van der Waals surface area contributed by atoms with Crippen molar-refractivity contribution < 1.29 is 4.39 Å². The number of hydrogen-bond acceptors (Lipinski definition) is 0. The average molecular weight is 214 g/mol. The van der Waals surface area contributed by atoms with E-state index in [4.69, 9.17) is 0 Å². The number of rotatable bonds is 2. The Labute approximate surface area is 95.7 Å². The lowest BCUT2D eigenvalue weighted by molar-refractivity contribution is 0.614. The summed E-state index contributed by atoms with van der Waals surface area (Å²) in [6.07, 6.45) is 0. The van der Waals surface area contributed by atoms with Gasteiger partial charge in [0, 0.05) is 5.41 Å². The standard InChI is InChI=1S/C15H15F/c1-15(2,12-6-4-3-5-7-12)13-8-10-14(16)11-9-13/h3-11H,1-2H3. The zero-order valence-corrected chi connectivity index (χ0v) is 9.57. The van der Waals surface area contributed by atoms with Crippen LogP contribution in [-0.2, 0) is 5.41 Å². The van der Waals surface area contributed by atoms with Crippen molar-refractivity contribution >= 4 is 0 Å². The summed E-state index contributed by atoms with van der Waals surface area (Å²) in [5.41, 5.74) is 2.27. The predicted molar refractivity (Wildman–Crippen MR) is 65.0 cm³/mol. The molecule has 0 N–H and O–H groups in total. The molecular weight excluding hydrogens is 199 g/mol. The molecule has 0 heterocycles. The second-order valence-corrected chi connectivity index (χ2v) is 4.50. The largest absolute Gasteiger partial charge is 0.207 e. The topological polar surface area (TPSA) is 0 Å². The van der Waals surface area contributed by atoms with E-state index in [1.807, 2.05) is 30.3 Å². The third-order valence-corrected chi connectivity index (χ3v) is 3.06. The molecule has 0 radical (unpaired) electrons. The molecule has 0 amide bonds. The molecule has 0 aromatic heterocycles. The molecule has 0 nitrogen and oxygen atoms in total. The highest BCUT2D eigenvalue weighted by Gasteiger charge is 2.22. The van der Waals surface area contributed by atoms with Crippen LogP contribution in [0.15, 0.2) is 54.6 Å². The molecule has 0 aliphatic heterocycles. The summed E-state index contributed by atoms with van der Waals surface area (Å²) in [5, 5.41) is 0. The fraction of sp³-hybridized carbons (Fsp3) is 0.200. The highest BCUT2D eigenvalue weighted by atomic mass is 19.1. The molecular formula is C15H15F. The van der Waals surface area contributed by atoms with Gasteiger partial charge in [-0.1, -0.05) is 56.3 Å².